The first-order chi connectivity index (χ1) is 6.83. The van der Waals surface area contributed by atoms with Crippen molar-refractivity contribution in [3.63, 3.8) is 0 Å². The number of nitroso groups, excluding NO2 is 1. The average molecular weight is 192 g/mol. The summed E-state index contributed by atoms with van der Waals surface area (Å²) in [6.07, 6.45) is 0.472. The van der Waals surface area contributed by atoms with Crippen LogP contribution in [0.2, 0.25) is 0 Å². The van der Waals surface area contributed by atoms with E-state index in [1.54, 1.807) is 18.2 Å². The van der Waals surface area contributed by atoms with Crippen molar-refractivity contribution in [2.75, 3.05) is 6.73 Å². The van der Waals surface area contributed by atoms with Crippen LogP contribution in [0.4, 0.5) is 5.69 Å². The lowest BCUT2D eigenvalue weighted by molar-refractivity contribution is -0.102. The first-order valence-electron chi connectivity index (χ1n) is 3.86. The van der Waals surface area contributed by atoms with E-state index in [4.69, 9.17) is 5.11 Å². The lowest BCUT2D eigenvalue weighted by Crippen LogP contribution is -2.03. The third-order valence-corrected chi connectivity index (χ3v) is 1.63. The zero-order valence-electron chi connectivity index (χ0n) is 7.25. The number of aliphatic hydroxyl groups is 1. The van der Waals surface area contributed by atoms with Crippen LogP contribution in [-0.2, 0) is 4.79 Å². The molecule has 0 amide bonds. The smallest absolute Gasteiger partial charge is 0.168 e. The number of rotatable bonds is 4. The second kappa shape index (κ2) is 4.98. The van der Waals surface area contributed by atoms with Gasteiger partial charge >= 0.3 is 0 Å². The molecular formula is C9H8N2O3. The van der Waals surface area contributed by atoms with Crippen LogP contribution in [0.15, 0.2) is 34.4 Å². The zero-order valence-corrected chi connectivity index (χ0v) is 7.25. The molecule has 5 heteroatoms. The molecule has 1 aromatic carbocycles. The summed E-state index contributed by atoms with van der Waals surface area (Å²) >= 11 is 0. The van der Waals surface area contributed by atoms with Gasteiger partial charge in [-0.2, -0.15) is 0 Å². The van der Waals surface area contributed by atoms with E-state index in [-0.39, 0.29) is 11.4 Å². The average Bonchev–Trinajstić information content (AvgIpc) is 2.26. The molecule has 0 heterocycles. The number of nitrogens with zero attached hydrogens (tertiary/aromatic N) is 2. The van der Waals surface area contributed by atoms with Gasteiger partial charge in [0.05, 0.1) is 0 Å². The molecule has 0 saturated carbocycles. The number of hydrogen-bond acceptors (Lipinski definition) is 5. The van der Waals surface area contributed by atoms with Gasteiger partial charge in [-0.1, -0.05) is 18.2 Å². The molecule has 1 rings (SSSR count). The Morgan fingerprint density at radius 1 is 1.43 bits per heavy atom. The van der Waals surface area contributed by atoms with Gasteiger partial charge in [0.2, 0.25) is 0 Å². The van der Waals surface area contributed by atoms with Gasteiger partial charge in [-0.05, 0) is 11.2 Å². The normalized spacial score (nSPS) is 11.1. The van der Waals surface area contributed by atoms with E-state index in [1.165, 1.54) is 6.07 Å². The van der Waals surface area contributed by atoms with Gasteiger partial charge < -0.3 is 5.11 Å². The first-order valence-corrected chi connectivity index (χ1v) is 3.86. The number of hydrogen-bond donors (Lipinski definition) is 1. The van der Waals surface area contributed by atoms with E-state index in [0.29, 0.717) is 11.8 Å². The largest absolute Gasteiger partial charge is 0.375 e. The van der Waals surface area contributed by atoms with Crippen LogP contribution < -0.4 is 0 Å². The number of carbonyl (C=O) groups is 1. The van der Waals surface area contributed by atoms with Gasteiger partial charge in [-0.25, -0.2) is 0 Å². The molecule has 72 valence electrons. The van der Waals surface area contributed by atoms with Crippen molar-refractivity contribution in [2.45, 2.75) is 0 Å². The topological polar surface area (TPSA) is 79.1 Å². The van der Waals surface area contributed by atoms with Gasteiger partial charge in [-0.3, -0.25) is 9.79 Å². The third kappa shape index (κ3) is 2.08. The Kier molecular flexibility index (Phi) is 3.63. The summed E-state index contributed by atoms with van der Waals surface area (Å²) < 4.78 is 0. The molecule has 1 aromatic rings. The minimum absolute atomic E-state index is 0.0164. The molecule has 0 spiro atoms. The fourth-order valence-corrected chi connectivity index (χ4v) is 1.03. The van der Waals surface area contributed by atoms with E-state index in [9.17, 15) is 9.70 Å². The zero-order chi connectivity index (χ0) is 10.4. The molecule has 0 radical (unpaired) electrons. The Bertz CT molecular complexity index is 374. The van der Waals surface area contributed by atoms with Crippen LogP contribution in [0.1, 0.15) is 5.56 Å². The van der Waals surface area contributed by atoms with Gasteiger partial charge in [0.15, 0.2) is 6.29 Å². The summed E-state index contributed by atoms with van der Waals surface area (Å²) in [5.74, 6) is 0. The van der Waals surface area contributed by atoms with Crippen molar-refractivity contribution in [1.29, 1.82) is 0 Å². The molecule has 0 saturated heterocycles. The molecular weight excluding hydrogens is 184 g/mol. The fraction of sp³-hybridized carbons (Fsp3) is 0.111. The summed E-state index contributed by atoms with van der Waals surface area (Å²) in [5.41, 5.74) is 0.473. The predicted molar refractivity (Wildman–Crippen MR) is 51.6 cm³/mol. The molecule has 0 unspecified atom stereocenters. The molecule has 0 aromatic heterocycles. The van der Waals surface area contributed by atoms with Crippen molar-refractivity contribution in [3.05, 3.63) is 34.7 Å². The molecule has 0 aliphatic carbocycles. The van der Waals surface area contributed by atoms with Gasteiger partial charge in [0, 0.05) is 5.56 Å². The minimum Gasteiger partial charge on any atom is -0.375 e. The van der Waals surface area contributed by atoms with E-state index in [2.05, 4.69) is 10.2 Å². The lowest BCUT2D eigenvalue weighted by Gasteiger charge is -2.00. The van der Waals surface area contributed by atoms with Crippen LogP contribution >= 0.6 is 0 Å². The third-order valence-electron chi connectivity index (χ3n) is 1.63. The van der Waals surface area contributed by atoms with Crippen molar-refractivity contribution < 1.29 is 9.90 Å². The van der Waals surface area contributed by atoms with E-state index < -0.39 is 6.73 Å². The summed E-state index contributed by atoms with van der Waals surface area (Å²) in [6, 6.07) is 6.29. The maximum absolute atomic E-state index is 10.6. The standard InChI is InChI=1S/C9H8N2O3/c12-5-9(10-6-13)7-3-1-2-4-8(7)11-14/h1-5,13H,6H2/b10-9+. The monoisotopic (exact) mass is 192 g/mol. The quantitative estimate of drug-likeness (QED) is 0.439. The summed E-state index contributed by atoms with van der Waals surface area (Å²) in [7, 11) is 0. The van der Waals surface area contributed by atoms with E-state index >= 15 is 0 Å². The van der Waals surface area contributed by atoms with Crippen molar-refractivity contribution in [1.82, 2.24) is 0 Å². The van der Waals surface area contributed by atoms with Gasteiger partial charge in [0.1, 0.15) is 18.1 Å². The number of aliphatic imine (C=N–C) groups is 1. The highest BCUT2D eigenvalue weighted by Crippen LogP contribution is 2.18. The lowest BCUT2D eigenvalue weighted by atomic mass is 10.1. The van der Waals surface area contributed by atoms with Crippen LogP contribution in [0.25, 0.3) is 0 Å². The second-order valence-electron chi connectivity index (χ2n) is 2.41. The molecule has 0 bridgehead atoms. The Labute approximate surface area is 80.1 Å². The maximum Gasteiger partial charge on any atom is 0.168 e. The summed E-state index contributed by atoms with van der Waals surface area (Å²) in [6.45, 7) is -0.499. The molecule has 0 atom stereocenters. The highest BCUT2D eigenvalue weighted by Gasteiger charge is 2.07. The molecule has 5 nitrogen and oxygen atoms in total. The molecule has 1 N–H and O–H groups in total. The minimum atomic E-state index is -0.499. The maximum atomic E-state index is 10.6. The Morgan fingerprint density at radius 2 is 2.14 bits per heavy atom. The van der Waals surface area contributed by atoms with Gasteiger partial charge in [-0.15, -0.1) is 4.91 Å². The molecule has 14 heavy (non-hydrogen) atoms. The number of aldehydes is 1. The van der Waals surface area contributed by atoms with E-state index in [0.717, 1.165) is 0 Å². The Morgan fingerprint density at radius 3 is 2.71 bits per heavy atom. The van der Waals surface area contributed by atoms with Crippen LogP contribution in [-0.4, -0.2) is 23.8 Å². The summed E-state index contributed by atoms with van der Waals surface area (Å²) in [4.78, 5) is 24.5. The number of carbonyl (C=O) groups excluding carboxylic acids is 1. The number of aliphatic hydroxyl groups excluding tert-OH is 1. The molecule has 0 aliphatic heterocycles. The van der Waals surface area contributed by atoms with Crippen molar-refractivity contribution in [3.8, 4) is 0 Å². The SMILES string of the molecule is O=C/C(=N\CO)c1ccccc1N=O. The highest BCUT2D eigenvalue weighted by atomic mass is 16.3. The Balaban J connectivity index is 3.22. The second-order valence-corrected chi connectivity index (χ2v) is 2.41. The van der Waals surface area contributed by atoms with Crippen LogP contribution in [0.3, 0.4) is 0 Å². The van der Waals surface area contributed by atoms with Crippen LogP contribution in [0.5, 0.6) is 0 Å². The van der Waals surface area contributed by atoms with Gasteiger partial charge in [0.25, 0.3) is 0 Å². The number of benzene rings is 1. The predicted octanol–water partition coefficient (Wildman–Crippen LogP) is 1.02. The van der Waals surface area contributed by atoms with Crippen molar-refractivity contribution >= 4 is 17.7 Å². The molecule has 0 fully saturated rings. The highest BCUT2D eigenvalue weighted by molar-refractivity contribution is 6.37. The summed E-state index contributed by atoms with van der Waals surface area (Å²) in [5, 5.41) is 11.3. The fourth-order valence-electron chi connectivity index (χ4n) is 1.03. The van der Waals surface area contributed by atoms with Crippen LogP contribution in [0, 0.1) is 4.91 Å². The molecule has 0 aliphatic rings. The Hall–Kier alpha value is -1.88. The van der Waals surface area contributed by atoms with E-state index in [1.807, 2.05) is 0 Å². The first kappa shape index (κ1) is 10.2. The van der Waals surface area contributed by atoms with Crippen molar-refractivity contribution in [2.24, 2.45) is 10.2 Å².